The van der Waals surface area contributed by atoms with Crippen molar-refractivity contribution >= 4 is 16.9 Å². The molecule has 0 aliphatic carbocycles. The Morgan fingerprint density at radius 3 is 2.56 bits per heavy atom. The van der Waals surface area contributed by atoms with E-state index in [4.69, 9.17) is 11.1 Å². The first-order valence-electron chi connectivity index (χ1n) is 2.77. The van der Waals surface area contributed by atoms with Gasteiger partial charge >= 0.3 is 0 Å². The summed E-state index contributed by atoms with van der Waals surface area (Å²) < 4.78 is 0. The van der Waals surface area contributed by atoms with Crippen LogP contribution in [-0.2, 0) is 0 Å². The Hall–Kier alpha value is -0.220. The van der Waals surface area contributed by atoms with E-state index in [1.54, 1.807) is 4.90 Å². The number of rotatable bonds is 2. The van der Waals surface area contributed by atoms with E-state index in [1.807, 2.05) is 14.1 Å². The van der Waals surface area contributed by atoms with Crippen LogP contribution >= 0.6 is 11.8 Å². The molecule has 0 amide bonds. The van der Waals surface area contributed by atoms with Gasteiger partial charge in [0.1, 0.15) is 0 Å². The molecular formula is C5H13N3S. The zero-order valence-electron chi connectivity index (χ0n) is 5.85. The summed E-state index contributed by atoms with van der Waals surface area (Å²) in [6.45, 7) is 0.640. The molecule has 3 N–H and O–H groups in total. The standard InChI is InChI=1S/C5H13N3S/c1-8(2)5(7)9-4-3-6/h7H,3-4,6H2,1-2H3. The van der Waals surface area contributed by atoms with Crippen molar-refractivity contribution in [2.75, 3.05) is 26.4 Å². The highest BCUT2D eigenvalue weighted by atomic mass is 32.2. The van der Waals surface area contributed by atoms with Gasteiger partial charge in [0.2, 0.25) is 0 Å². The first-order valence-corrected chi connectivity index (χ1v) is 3.75. The minimum Gasteiger partial charge on any atom is -0.358 e. The molecular weight excluding hydrogens is 134 g/mol. The van der Waals surface area contributed by atoms with Crippen molar-refractivity contribution in [2.24, 2.45) is 5.73 Å². The molecule has 0 heterocycles. The average molecular weight is 147 g/mol. The first kappa shape index (κ1) is 8.78. The van der Waals surface area contributed by atoms with Crippen LogP contribution in [0.15, 0.2) is 0 Å². The number of nitrogens with zero attached hydrogens (tertiary/aromatic N) is 1. The van der Waals surface area contributed by atoms with E-state index in [0.29, 0.717) is 11.7 Å². The molecule has 4 heteroatoms. The Balaban J connectivity index is 3.28. The fraction of sp³-hybridized carbons (Fsp3) is 0.800. The Labute approximate surface area is 60.1 Å². The summed E-state index contributed by atoms with van der Waals surface area (Å²) >= 11 is 1.47. The molecule has 0 spiro atoms. The van der Waals surface area contributed by atoms with Gasteiger partial charge in [0.25, 0.3) is 0 Å². The Bertz CT molecular complexity index is 92.2. The van der Waals surface area contributed by atoms with Crippen LogP contribution in [0, 0.1) is 5.41 Å². The second-order valence-electron chi connectivity index (χ2n) is 1.84. The molecule has 0 aliphatic rings. The van der Waals surface area contributed by atoms with E-state index in [1.165, 1.54) is 11.8 Å². The summed E-state index contributed by atoms with van der Waals surface area (Å²) in [5, 5.41) is 7.85. The van der Waals surface area contributed by atoms with Gasteiger partial charge in [-0.05, 0) is 0 Å². The van der Waals surface area contributed by atoms with Gasteiger partial charge in [-0.3, -0.25) is 5.41 Å². The average Bonchev–Trinajstić information content (AvgIpc) is 1.82. The molecule has 9 heavy (non-hydrogen) atoms. The number of thioether (sulfide) groups is 1. The minimum atomic E-state index is 0.570. The first-order chi connectivity index (χ1) is 4.18. The largest absolute Gasteiger partial charge is 0.358 e. The molecule has 3 nitrogen and oxygen atoms in total. The van der Waals surface area contributed by atoms with Crippen LogP contribution in [0.4, 0.5) is 0 Å². The molecule has 0 fully saturated rings. The number of nitrogens with one attached hydrogen (secondary N) is 1. The highest BCUT2D eigenvalue weighted by Crippen LogP contribution is 2.01. The van der Waals surface area contributed by atoms with Gasteiger partial charge in [0.05, 0.1) is 0 Å². The maximum atomic E-state index is 7.28. The highest BCUT2D eigenvalue weighted by Gasteiger charge is 1.96. The van der Waals surface area contributed by atoms with Crippen LogP contribution < -0.4 is 5.73 Å². The van der Waals surface area contributed by atoms with Crippen molar-refractivity contribution in [1.82, 2.24) is 4.90 Å². The van der Waals surface area contributed by atoms with E-state index < -0.39 is 0 Å². The lowest BCUT2D eigenvalue weighted by Crippen LogP contribution is -2.18. The molecule has 0 radical (unpaired) electrons. The van der Waals surface area contributed by atoms with E-state index in [-0.39, 0.29) is 0 Å². The Morgan fingerprint density at radius 2 is 2.22 bits per heavy atom. The molecule has 54 valence electrons. The van der Waals surface area contributed by atoms with Gasteiger partial charge in [-0.2, -0.15) is 0 Å². The fourth-order valence-electron chi connectivity index (χ4n) is 0.285. The predicted octanol–water partition coefficient (Wildman–Crippen LogP) is 0.175. The van der Waals surface area contributed by atoms with Crippen LogP contribution in [-0.4, -0.2) is 36.5 Å². The summed E-state index contributed by atoms with van der Waals surface area (Å²) in [7, 11) is 3.71. The van der Waals surface area contributed by atoms with Crippen LogP contribution in [0.1, 0.15) is 0 Å². The fourth-order valence-corrected chi connectivity index (χ4v) is 0.854. The second kappa shape index (κ2) is 4.64. The molecule has 0 aromatic rings. The zero-order valence-corrected chi connectivity index (χ0v) is 6.66. The normalized spacial score (nSPS) is 9.22. The minimum absolute atomic E-state index is 0.570. The van der Waals surface area contributed by atoms with Crippen molar-refractivity contribution in [2.45, 2.75) is 0 Å². The summed E-state index contributed by atoms with van der Waals surface area (Å²) in [5.41, 5.74) is 5.24. The van der Waals surface area contributed by atoms with Gasteiger partial charge in [0, 0.05) is 26.4 Å². The number of hydrogen-bond donors (Lipinski definition) is 2. The van der Waals surface area contributed by atoms with Crippen molar-refractivity contribution in [1.29, 1.82) is 5.41 Å². The quantitative estimate of drug-likeness (QED) is 0.432. The van der Waals surface area contributed by atoms with Gasteiger partial charge in [0.15, 0.2) is 5.17 Å². The predicted molar refractivity (Wildman–Crippen MR) is 42.9 cm³/mol. The molecule has 0 saturated heterocycles. The van der Waals surface area contributed by atoms with Crippen molar-refractivity contribution in [3.8, 4) is 0 Å². The van der Waals surface area contributed by atoms with Crippen LogP contribution in [0.25, 0.3) is 0 Å². The van der Waals surface area contributed by atoms with Crippen molar-refractivity contribution in [3.63, 3.8) is 0 Å². The lowest BCUT2D eigenvalue weighted by Gasteiger charge is -2.11. The lowest BCUT2D eigenvalue weighted by molar-refractivity contribution is 0.632. The molecule has 0 rings (SSSR count). The maximum Gasteiger partial charge on any atom is 0.155 e. The Morgan fingerprint density at radius 1 is 1.67 bits per heavy atom. The van der Waals surface area contributed by atoms with E-state index in [9.17, 15) is 0 Å². The molecule has 0 aliphatic heterocycles. The molecule has 0 bridgehead atoms. The smallest absolute Gasteiger partial charge is 0.155 e. The van der Waals surface area contributed by atoms with Gasteiger partial charge < -0.3 is 10.6 Å². The topological polar surface area (TPSA) is 53.1 Å². The van der Waals surface area contributed by atoms with E-state index in [0.717, 1.165) is 5.75 Å². The summed E-state index contributed by atoms with van der Waals surface area (Å²) in [6.07, 6.45) is 0. The van der Waals surface area contributed by atoms with Crippen LogP contribution in [0.2, 0.25) is 0 Å². The third-order valence-corrected chi connectivity index (χ3v) is 1.84. The molecule has 0 atom stereocenters. The Kier molecular flexibility index (Phi) is 4.53. The van der Waals surface area contributed by atoms with Crippen LogP contribution in [0.3, 0.4) is 0 Å². The molecule has 0 aromatic carbocycles. The van der Waals surface area contributed by atoms with Gasteiger partial charge in [-0.1, -0.05) is 11.8 Å². The highest BCUT2D eigenvalue weighted by molar-refractivity contribution is 8.13. The van der Waals surface area contributed by atoms with Crippen molar-refractivity contribution in [3.05, 3.63) is 0 Å². The lowest BCUT2D eigenvalue weighted by atomic mass is 10.8. The summed E-state index contributed by atoms with van der Waals surface area (Å²) in [4.78, 5) is 1.76. The van der Waals surface area contributed by atoms with Gasteiger partial charge in [-0.25, -0.2) is 0 Å². The molecule has 0 saturated carbocycles. The zero-order chi connectivity index (χ0) is 7.28. The number of amidine groups is 1. The summed E-state index contributed by atoms with van der Waals surface area (Å²) in [5.74, 6) is 0.830. The van der Waals surface area contributed by atoms with Gasteiger partial charge in [-0.15, -0.1) is 0 Å². The van der Waals surface area contributed by atoms with Crippen LogP contribution in [0.5, 0.6) is 0 Å². The number of nitrogens with two attached hydrogens (primary N) is 1. The summed E-state index contributed by atoms with van der Waals surface area (Å²) in [6, 6.07) is 0. The molecule has 0 aromatic heterocycles. The monoisotopic (exact) mass is 147 g/mol. The van der Waals surface area contributed by atoms with Crippen molar-refractivity contribution < 1.29 is 0 Å². The second-order valence-corrected chi connectivity index (χ2v) is 2.92. The third-order valence-electron chi connectivity index (χ3n) is 0.763. The van der Waals surface area contributed by atoms with E-state index in [2.05, 4.69) is 0 Å². The van der Waals surface area contributed by atoms with E-state index >= 15 is 0 Å². The molecule has 0 unspecified atom stereocenters. The number of hydrogen-bond acceptors (Lipinski definition) is 3. The maximum absolute atomic E-state index is 7.28. The SMILES string of the molecule is CN(C)C(=N)SCCN. The third kappa shape index (κ3) is 4.29.